The number of benzene rings is 1. The van der Waals surface area contributed by atoms with E-state index in [9.17, 15) is 23.3 Å². The Kier molecular flexibility index (Phi) is 6.92. The number of aromatic nitrogens is 1. The molecular formula is C25H22N4O5S2. The maximum absolute atomic E-state index is 13.1. The Hall–Kier alpha value is -4.01. The third-order valence-corrected chi connectivity index (χ3v) is 7.56. The Morgan fingerprint density at radius 3 is 2.50 bits per heavy atom. The number of amides is 2. The van der Waals surface area contributed by atoms with Crippen molar-refractivity contribution in [3.8, 4) is 17.4 Å². The average Bonchev–Trinajstić information content (AvgIpc) is 3.52. The maximum Gasteiger partial charge on any atom is 0.271 e. The normalized spacial score (nSPS) is 15.6. The van der Waals surface area contributed by atoms with Gasteiger partial charge in [-0.25, -0.2) is 13.4 Å². The molecule has 0 unspecified atom stereocenters. The van der Waals surface area contributed by atoms with E-state index in [0.717, 1.165) is 4.90 Å². The summed E-state index contributed by atoms with van der Waals surface area (Å²) in [6, 6.07) is 11.4. The predicted molar refractivity (Wildman–Crippen MR) is 135 cm³/mol. The topological polar surface area (TPSA) is 133 Å². The molecule has 0 spiro atoms. The quantitative estimate of drug-likeness (QED) is 0.358. The number of carbonyl (C=O) groups excluding carboxylic acids is 2. The first kappa shape index (κ1) is 25.1. The zero-order valence-corrected chi connectivity index (χ0v) is 21.3. The molecule has 1 N–H and O–H groups in total. The van der Waals surface area contributed by atoms with Gasteiger partial charge < -0.3 is 4.42 Å². The highest BCUT2D eigenvalue weighted by molar-refractivity contribution is 7.93. The van der Waals surface area contributed by atoms with E-state index >= 15 is 0 Å². The Bertz CT molecular complexity index is 1520. The molecule has 1 aromatic carbocycles. The molecule has 184 valence electrons. The first-order valence-electron chi connectivity index (χ1n) is 10.9. The highest BCUT2D eigenvalue weighted by Gasteiger charge is 2.35. The van der Waals surface area contributed by atoms with Crippen LogP contribution < -0.4 is 4.72 Å². The summed E-state index contributed by atoms with van der Waals surface area (Å²) in [6.07, 6.45) is 3.02. The molecule has 1 aliphatic heterocycles. The lowest BCUT2D eigenvalue weighted by atomic mass is 9.94. The molecule has 0 saturated heterocycles. The average molecular weight is 523 g/mol. The molecule has 4 rings (SSSR count). The molecule has 0 bridgehead atoms. The molecule has 36 heavy (non-hydrogen) atoms. The Balaban J connectivity index is 1.61. The molecule has 0 saturated carbocycles. The van der Waals surface area contributed by atoms with Gasteiger partial charge in [-0.15, -0.1) is 11.3 Å². The minimum Gasteiger partial charge on any atom is -0.457 e. The van der Waals surface area contributed by atoms with Crippen molar-refractivity contribution in [1.29, 1.82) is 5.26 Å². The lowest BCUT2D eigenvalue weighted by Gasteiger charge is -2.28. The molecule has 2 aromatic heterocycles. The SMILES string of the molecule is CC1=C(C#N)C(=O)N(CC(C)C)C(=O)/C1=C/c1ccc(-c2ccc(S(=O)(=O)Nc3nccs3)cc2)o1. The number of nitriles is 1. The van der Waals surface area contributed by atoms with Crippen molar-refractivity contribution in [2.24, 2.45) is 5.92 Å². The molecule has 2 amide bonds. The number of hydrogen-bond donors (Lipinski definition) is 1. The van der Waals surface area contributed by atoms with Crippen LogP contribution in [-0.2, 0) is 19.6 Å². The van der Waals surface area contributed by atoms with Crippen molar-refractivity contribution >= 4 is 44.4 Å². The fraction of sp³-hybridized carbons (Fsp3) is 0.200. The summed E-state index contributed by atoms with van der Waals surface area (Å²) in [4.78, 5) is 30.8. The maximum atomic E-state index is 13.1. The number of hydrogen-bond acceptors (Lipinski definition) is 8. The van der Waals surface area contributed by atoms with E-state index in [1.54, 1.807) is 36.6 Å². The van der Waals surface area contributed by atoms with Crippen LogP contribution in [0.3, 0.4) is 0 Å². The van der Waals surface area contributed by atoms with Crippen molar-refractivity contribution in [3.05, 3.63) is 70.5 Å². The molecule has 3 aromatic rings. The van der Waals surface area contributed by atoms with Crippen molar-refractivity contribution < 1.29 is 22.4 Å². The highest BCUT2D eigenvalue weighted by atomic mass is 32.2. The first-order chi connectivity index (χ1) is 17.1. The summed E-state index contributed by atoms with van der Waals surface area (Å²) in [5.41, 5.74) is 1.07. The second-order valence-corrected chi connectivity index (χ2v) is 11.0. The van der Waals surface area contributed by atoms with Crippen LogP contribution in [-0.4, -0.2) is 36.7 Å². The predicted octanol–water partition coefficient (Wildman–Crippen LogP) is 4.45. The number of furan rings is 1. The van der Waals surface area contributed by atoms with Gasteiger partial charge in [0.15, 0.2) is 5.13 Å². The monoisotopic (exact) mass is 522 g/mol. The van der Waals surface area contributed by atoms with Crippen LogP contribution in [0.5, 0.6) is 0 Å². The fourth-order valence-electron chi connectivity index (χ4n) is 3.63. The van der Waals surface area contributed by atoms with Crippen LogP contribution in [0, 0.1) is 17.2 Å². The van der Waals surface area contributed by atoms with Gasteiger partial charge in [0, 0.05) is 29.3 Å². The molecule has 0 radical (unpaired) electrons. The molecule has 11 heteroatoms. The summed E-state index contributed by atoms with van der Waals surface area (Å²) < 4.78 is 33.4. The summed E-state index contributed by atoms with van der Waals surface area (Å²) >= 11 is 1.18. The van der Waals surface area contributed by atoms with Gasteiger partial charge in [0.1, 0.15) is 23.2 Å². The minimum absolute atomic E-state index is 0.0382. The van der Waals surface area contributed by atoms with E-state index in [1.165, 1.54) is 35.7 Å². The van der Waals surface area contributed by atoms with Crippen LogP contribution in [0.2, 0.25) is 0 Å². The summed E-state index contributed by atoms with van der Waals surface area (Å²) in [5, 5.41) is 11.4. The number of thiazole rings is 1. The molecule has 0 aliphatic carbocycles. The molecule has 3 heterocycles. The number of nitrogens with zero attached hydrogens (tertiary/aromatic N) is 3. The van der Waals surface area contributed by atoms with E-state index in [-0.39, 0.29) is 33.6 Å². The third-order valence-electron chi connectivity index (χ3n) is 5.39. The third kappa shape index (κ3) is 5.00. The largest absolute Gasteiger partial charge is 0.457 e. The summed E-state index contributed by atoms with van der Waals surface area (Å²) in [6.45, 7) is 5.52. The summed E-state index contributed by atoms with van der Waals surface area (Å²) in [5.74, 6) is -0.225. The zero-order valence-electron chi connectivity index (χ0n) is 19.7. The number of rotatable bonds is 7. The molecular weight excluding hydrogens is 500 g/mol. The van der Waals surface area contributed by atoms with E-state index in [1.807, 2.05) is 19.9 Å². The number of anilines is 1. The minimum atomic E-state index is -3.78. The Morgan fingerprint density at radius 2 is 1.89 bits per heavy atom. The van der Waals surface area contributed by atoms with Crippen molar-refractivity contribution in [2.75, 3.05) is 11.3 Å². The Morgan fingerprint density at radius 1 is 1.17 bits per heavy atom. The molecule has 0 fully saturated rings. The van der Waals surface area contributed by atoms with Crippen molar-refractivity contribution in [2.45, 2.75) is 25.7 Å². The van der Waals surface area contributed by atoms with E-state index in [0.29, 0.717) is 22.7 Å². The van der Waals surface area contributed by atoms with E-state index in [4.69, 9.17) is 4.42 Å². The fourth-order valence-corrected chi connectivity index (χ4v) is 5.42. The second kappa shape index (κ2) is 9.93. The van der Waals surface area contributed by atoms with E-state index in [2.05, 4.69) is 9.71 Å². The Labute approximate surface area is 212 Å². The van der Waals surface area contributed by atoms with Gasteiger partial charge in [0.05, 0.1) is 4.90 Å². The van der Waals surface area contributed by atoms with Gasteiger partial charge in [-0.1, -0.05) is 13.8 Å². The van der Waals surface area contributed by atoms with Gasteiger partial charge in [-0.2, -0.15) is 5.26 Å². The van der Waals surface area contributed by atoms with Gasteiger partial charge in [0.25, 0.3) is 21.8 Å². The lowest BCUT2D eigenvalue weighted by molar-refractivity contribution is -0.141. The van der Waals surface area contributed by atoms with Crippen LogP contribution in [0.4, 0.5) is 5.13 Å². The second-order valence-electron chi connectivity index (χ2n) is 8.45. The lowest BCUT2D eigenvalue weighted by Crippen LogP contribution is -2.44. The summed E-state index contributed by atoms with van der Waals surface area (Å²) in [7, 11) is -3.78. The van der Waals surface area contributed by atoms with Crippen molar-refractivity contribution in [1.82, 2.24) is 9.88 Å². The zero-order chi connectivity index (χ0) is 26.0. The van der Waals surface area contributed by atoms with Gasteiger partial charge in [-0.3, -0.25) is 19.2 Å². The van der Waals surface area contributed by atoms with Gasteiger partial charge in [0.2, 0.25) is 0 Å². The van der Waals surface area contributed by atoms with E-state index < -0.39 is 21.8 Å². The van der Waals surface area contributed by atoms with Gasteiger partial charge in [-0.05, 0) is 60.9 Å². The number of nitrogens with one attached hydrogen (secondary N) is 1. The number of imide groups is 1. The van der Waals surface area contributed by atoms with Crippen LogP contribution in [0.15, 0.2) is 74.0 Å². The highest BCUT2D eigenvalue weighted by Crippen LogP contribution is 2.30. The molecule has 0 atom stereocenters. The van der Waals surface area contributed by atoms with Crippen molar-refractivity contribution in [3.63, 3.8) is 0 Å². The number of sulfonamides is 1. The molecule has 1 aliphatic rings. The standard InChI is InChI=1S/C25H22N4O5S2/c1-15(2)14-29-23(30)20(16(3)21(13-26)24(29)31)12-18-6-9-22(34-18)17-4-7-19(8-5-17)36(32,33)28-25-27-10-11-35-25/h4-12,15H,14H2,1-3H3,(H,27,28)/b20-12+. The van der Waals surface area contributed by atoms with Crippen LogP contribution in [0.25, 0.3) is 17.4 Å². The molecule has 9 nitrogen and oxygen atoms in total. The first-order valence-corrected chi connectivity index (χ1v) is 13.3. The smallest absolute Gasteiger partial charge is 0.271 e. The van der Waals surface area contributed by atoms with Gasteiger partial charge >= 0.3 is 0 Å². The number of carbonyl (C=O) groups is 2. The van der Waals surface area contributed by atoms with Crippen LogP contribution >= 0.6 is 11.3 Å². The van der Waals surface area contributed by atoms with Crippen LogP contribution in [0.1, 0.15) is 26.5 Å².